The number of ether oxygens (including phenoxy) is 2. The molecule has 9 nitrogen and oxygen atoms in total. The lowest BCUT2D eigenvalue weighted by Crippen LogP contribution is -2.33. The fourth-order valence-electron chi connectivity index (χ4n) is 3.37. The second-order valence-electron chi connectivity index (χ2n) is 7.59. The lowest BCUT2D eigenvalue weighted by atomic mass is 10.2. The molecule has 0 aliphatic carbocycles. The summed E-state index contributed by atoms with van der Waals surface area (Å²) >= 11 is 0. The van der Waals surface area contributed by atoms with Gasteiger partial charge in [-0.25, -0.2) is 18.5 Å². The quantitative estimate of drug-likeness (QED) is 0.347. The second kappa shape index (κ2) is 10.4. The largest absolute Gasteiger partial charge is 0.491 e. The number of benzene rings is 2. The van der Waals surface area contributed by atoms with Crippen LogP contribution in [0.3, 0.4) is 0 Å². The van der Waals surface area contributed by atoms with Gasteiger partial charge < -0.3 is 14.0 Å². The van der Waals surface area contributed by atoms with E-state index in [-0.39, 0.29) is 18.1 Å². The van der Waals surface area contributed by atoms with Crippen molar-refractivity contribution in [2.24, 2.45) is 0 Å². The molecule has 0 saturated carbocycles. The van der Waals surface area contributed by atoms with Gasteiger partial charge in [0.15, 0.2) is 17.4 Å². The van der Waals surface area contributed by atoms with E-state index in [1.807, 2.05) is 30.3 Å². The molecule has 36 heavy (non-hydrogen) atoms. The first-order chi connectivity index (χ1) is 17.3. The number of aromatic nitrogens is 3. The van der Waals surface area contributed by atoms with E-state index in [4.69, 9.17) is 14.3 Å². The zero-order chi connectivity index (χ0) is 25.8. The van der Waals surface area contributed by atoms with Crippen molar-refractivity contribution in [2.45, 2.75) is 6.61 Å². The van der Waals surface area contributed by atoms with E-state index >= 15 is 0 Å². The Kier molecular flexibility index (Phi) is 7.11. The third-order valence-corrected chi connectivity index (χ3v) is 5.33. The van der Waals surface area contributed by atoms with Crippen LogP contribution < -0.4 is 14.9 Å². The number of carbonyl (C=O) groups is 1. The maximum Gasteiger partial charge on any atom is 0.301 e. The van der Waals surface area contributed by atoms with Crippen LogP contribution in [0.4, 0.5) is 8.78 Å². The van der Waals surface area contributed by atoms with Crippen molar-refractivity contribution in [3.05, 3.63) is 100 Å². The van der Waals surface area contributed by atoms with Crippen LogP contribution in [0.15, 0.2) is 71.9 Å². The van der Waals surface area contributed by atoms with Gasteiger partial charge >= 0.3 is 5.91 Å². The Morgan fingerprint density at radius 2 is 1.69 bits per heavy atom. The van der Waals surface area contributed by atoms with Crippen molar-refractivity contribution in [3.63, 3.8) is 0 Å². The molecular formula is C25H22F2N4O5. The molecule has 4 aromatic rings. The summed E-state index contributed by atoms with van der Waals surface area (Å²) in [6.07, 6.45) is 3.32. The molecule has 2 aromatic carbocycles. The van der Waals surface area contributed by atoms with Gasteiger partial charge in [0.25, 0.3) is 5.43 Å². The van der Waals surface area contributed by atoms with Gasteiger partial charge in [0, 0.05) is 31.2 Å². The summed E-state index contributed by atoms with van der Waals surface area (Å²) in [4.78, 5) is 30.3. The van der Waals surface area contributed by atoms with Crippen molar-refractivity contribution in [1.82, 2.24) is 19.4 Å². The minimum absolute atomic E-state index is 0.134. The molecule has 1 amide bonds. The standard InChI is InChI=1S/C25H22F2N4O5/c1-29(35-3)25(33)23-24(32)22(34-2)14-31(28-23)20-10-9-17(30-12-18(26)19(27)13-30)11-21(20)36-15-16-7-5-4-6-8-16/h4-14H,15H2,1-3H3. The van der Waals surface area contributed by atoms with E-state index < -0.39 is 28.7 Å². The average Bonchev–Trinajstić information content (AvgIpc) is 3.25. The fourth-order valence-corrected chi connectivity index (χ4v) is 3.37. The van der Waals surface area contributed by atoms with E-state index in [9.17, 15) is 18.4 Å². The summed E-state index contributed by atoms with van der Waals surface area (Å²) in [6, 6.07) is 14.1. The molecular weight excluding hydrogens is 474 g/mol. The Labute approximate surface area is 204 Å². The zero-order valence-corrected chi connectivity index (χ0v) is 19.6. The minimum Gasteiger partial charge on any atom is -0.491 e. The van der Waals surface area contributed by atoms with E-state index in [0.717, 1.165) is 23.0 Å². The van der Waals surface area contributed by atoms with E-state index in [1.54, 1.807) is 18.2 Å². The summed E-state index contributed by atoms with van der Waals surface area (Å²) in [5, 5.41) is 5.06. The smallest absolute Gasteiger partial charge is 0.301 e. The SMILES string of the molecule is COc1cn(-c2ccc(-n3cc(F)c(F)c3)cc2OCc2ccccc2)nc(C(=O)N(C)OC)c1=O. The Morgan fingerprint density at radius 1 is 1.00 bits per heavy atom. The summed E-state index contributed by atoms with van der Waals surface area (Å²) < 4.78 is 41.0. The first-order valence-corrected chi connectivity index (χ1v) is 10.7. The summed E-state index contributed by atoms with van der Waals surface area (Å²) in [7, 11) is 3.91. The van der Waals surface area contributed by atoms with Gasteiger partial charge in [0.1, 0.15) is 18.0 Å². The number of hydrogen-bond acceptors (Lipinski definition) is 6. The maximum absolute atomic E-state index is 13.6. The van der Waals surface area contributed by atoms with Crippen LogP contribution in [0.25, 0.3) is 11.4 Å². The van der Waals surface area contributed by atoms with Gasteiger partial charge in [-0.05, 0) is 17.7 Å². The van der Waals surface area contributed by atoms with Crippen molar-refractivity contribution < 1.29 is 27.9 Å². The number of halogens is 2. The first-order valence-electron chi connectivity index (χ1n) is 10.7. The van der Waals surface area contributed by atoms with Crippen LogP contribution >= 0.6 is 0 Å². The lowest BCUT2D eigenvalue weighted by Gasteiger charge is -2.17. The fraction of sp³-hybridized carbons (Fsp3) is 0.160. The number of hydrogen-bond donors (Lipinski definition) is 0. The number of nitrogens with zero attached hydrogens (tertiary/aromatic N) is 4. The average molecular weight is 496 g/mol. The van der Waals surface area contributed by atoms with Crippen molar-refractivity contribution in [2.75, 3.05) is 21.3 Å². The second-order valence-corrected chi connectivity index (χ2v) is 7.59. The lowest BCUT2D eigenvalue weighted by molar-refractivity contribution is -0.0762. The van der Waals surface area contributed by atoms with Gasteiger partial charge in [0.2, 0.25) is 5.69 Å². The molecule has 0 N–H and O–H groups in total. The Bertz CT molecular complexity index is 1430. The summed E-state index contributed by atoms with van der Waals surface area (Å²) in [5.41, 5.74) is 0.467. The van der Waals surface area contributed by atoms with Crippen molar-refractivity contribution in [3.8, 4) is 22.9 Å². The van der Waals surface area contributed by atoms with Crippen molar-refractivity contribution in [1.29, 1.82) is 0 Å². The van der Waals surface area contributed by atoms with Gasteiger partial charge in [-0.15, -0.1) is 0 Å². The normalized spacial score (nSPS) is 10.8. The highest BCUT2D eigenvalue weighted by molar-refractivity contribution is 5.91. The molecule has 2 aromatic heterocycles. The molecule has 0 saturated heterocycles. The zero-order valence-electron chi connectivity index (χ0n) is 19.6. The van der Waals surface area contributed by atoms with E-state index in [2.05, 4.69) is 5.10 Å². The van der Waals surface area contributed by atoms with Crippen LogP contribution in [0.1, 0.15) is 16.1 Å². The number of methoxy groups -OCH3 is 1. The highest BCUT2D eigenvalue weighted by atomic mass is 19.2. The molecule has 0 fully saturated rings. The topological polar surface area (TPSA) is 87.8 Å². The molecule has 0 aliphatic rings. The predicted octanol–water partition coefficient (Wildman–Crippen LogP) is 3.52. The van der Waals surface area contributed by atoms with E-state index in [0.29, 0.717) is 11.4 Å². The van der Waals surface area contributed by atoms with Crippen LogP contribution in [0, 0.1) is 11.6 Å². The van der Waals surface area contributed by atoms with Crippen LogP contribution in [0.5, 0.6) is 11.5 Å². The molecule has 0 unspecified atom stereocenters. The number of rotatable bonds is 8. The molecule has 0 bridgehead atoms. The molecule has 11 heteroatoms. The molecule has 186 valence electrons. The number of carbonyl (C=O) groups excluding carboxylic acids is 1. The van der Waals surface area contributed by atoms with Crippen LogP contribution in [-0.2, 0) is 11.4 Å². The molecule has 0 atom stereocenters. The van der Waals surface area contributed by atoms with Gasteiger partial charge in [0.05, 0.1) is 20.4 Å². The van der Waals surface area contributed by atoms with Gasteiger partial charge in [-0.1, -0.05) is 30.3 Å². The number of amides is 1. The Morgan fingerprint density at radius 3 is 2.33 bits per heavy atom. The first kappa shape index (κ1) is 24.6. The summed E-state index contributed by atoms with van der Waals surface area (Å²) in [6.45, 7) is 0.168. The Balaban J connectivity index is 1.84. The number of hydroxylamine groups is 2. The third-order valence-electron chi connectivity index (χ3n) is 5.33. The monoisotopic (exact) mass is 496 g/mol. The molecule has 0 spiro atoms. The van der Waals surface area contributed by atoms with Crippen molar-refractivity contribution >= 4 is 5.91 Å². The van der Waals surface area contributed by atoms with Gasteiger partial charge in [-0.2, -0.15) is 5.10 Å². The summed E-state index contributed by atoms with van der Waals surface area (Å²) in [5.74, 6) is -2.64. The molecule has 4 rings (SSSR count). The van der Waals surface area contributed by atoms with E-state index in [1.165, 1.54) is 36.7 Å². The molecule has 0 aliphatic heterocycles. The highest BCUT2D eigenvalue weighted by Gasteiger charge is 2.23. The van der Waals surface area contributed by atoms with Crippen LogP contribution in [-0.4, -0.2) is 46.6 Å². The predicted molar refractivity (Wildman–Crippen MR) is 126 cm³/mol. The Hall–Kier alpha value is -4.51. The maximum atomic E-state index is 13.6. The molecule has 2 heterocycles. The van der Waals surface area contributed by atoms with Gasteiger partial charge in [-0.3, -0.25) is 14.4 Å². The molecule has 0 radical (unpaired) electrons. The third kappa shape index (κ3) is 4.96. The minimum atomic E-state index is -0.997. The highest BCUT2D eigenvalue weighted by Crippen LogP contribution is 2.28. The van der Waals surface area contributed by atoms with Crippen LogP contribution in [0.2, 0.25) is 0 Å².